The molecule has 0 saturated carbocycles. The molecule has 0 bridgehead atoms. The van der Waals surface area contributed by atoms with Crippen LogP contribution < -0.4 is 4.74 Å². The summed E-state index contributed by atoms with van der Waals surface area (Å²) in [5, 5.41) is 0. The number of hydrogen-bond acceptors (Lipinski definition) is 1. The highest BCUT2D eigenvalue weighted by atomic mass is 16.5. The summed E-state index contributed by atoms with van der Waals surface area (Å²) in [6.07, 6.45) is 3.28. The van der Waals surface area contributed by atoms with Crippen molar-refractivity contribution < 1.29 is 4.74 Å². The summed E-state index contributed by atoms with van der Waals surface area (Å²) in [6.45, 7) is 4.30. The van der Waals surface area contributed by atoms with Crippen molar-refractivity contribution in [1.82, 2.24) is 0 Å². The molecular weight excluding hydrogens is 268 g/mol. The van der Waals surface area contributed by atoms with Crippen LogP contribution in [0.4, 0.5) is 0 Å². The van der Waals surface area contributed by atoms with E-state index in [4.69, 9.17) is 4.74 Å². The molecule has 22 heavy (non-hydrogen) atoms. The molecule has 0 fully saturated rings. The predicted molar refractivity (Wildman–Crippen MR) is 93.3 cm³/mol. The Hall–Kier alpha value is -2.20. The van der Waals surface area contributed by atoms with Gasteiger partial charge in [0.2, 0.25) is 0 Å². The summed E-state index contributed by atoms with van der Waals surface area (Å²) in [7, 11) is 1.72. The molecule has 0 aliphatic rings. The zero-order valence-electron chi connectivity index (χ0n) is 13.7. The van der Waals surface area contributed by atoms with Gasteiger partial charge >= 0.3 is 0 Å². The van der Waals surface area contributed by atoms with Gasteiger partial charge in [0.1, 0.15) is 5.75 Å². The molecule has 2 aromatic rings. The third kappa shape index (κ3) is 4.15. The molecule has 0 N–H and O–H groups in total. The lowest BCUT2D eigenvalue weighted by Crippen LogP contribution is -2.02. The van der Waals surface area contributed by atoms with Gasteiger partial charge in [0.25, 0.3) is 0 Å². The fourth-order valence-corrected chi connectivity index (χ4v) is 2.50. The second kappa shape index (κ2) is 8.29. The maximum atomic E-state index is 5.56. The molecular formula is C21H24O. The van der Waals surface area contributed by atoms with Gasteiger partial charge in [-0.25, -0.2) is 0 Å². The van der Waals surface area contributed by atoms with Gasteiger partial charge in [-0.05, 0) is 25.0 Å². The molecule has 1 atom stereocenters. The van der Waals surface area contributed by atoms with E-state index in [0.29, 0.717) is 0 Å². The van der Waals surface area contributed by atoms with Gasteiger partial charge in [-0.3, -0.25) is 0 Å². The Bertz CT molecular complexity index is 647. The highest BCUT2D eigenvalue weighted by molar-refractivity contribution is 5.48. The number of hydrogen-bond donors (Lipinski definition) is 0. The van der Waals surface area contributed by atoms with Crippen molar-refractivity contribution in [1.29, 1.82) is 0 Å². The molecule has 0 spiro atoms. The van der Waals surface area contributed by atoms with Gasteiger partial charge in [-0.1, -0.05) is 67.3 Å². The molecule has 2 aromatic carbocycles. The lowest BCUT2D eigenvalue weighted by Gasteiger charge is -2.16. The van der Waals surface area contributed by atoms with Crippen LogP contribution in [0.15, 0.2) is 48.5 Å². The van der Waals surface area contributed by atoms with Crippen molar-refractivity contribution in [2.75, 3.05) is 7.11 Å². The number of unbranched alkanes of at least 4 members (excludes halogenated alkanes) is 2. The topological polar surface area (TPSA) is 9.23 Å². The van der Waals surface area contributed by atoms with Crippen LogP contribution in [0.3, 0.4) is 0 Å². The third-order valence-corrected chi connectivity index (χ3v) is 3.73. The zero-order valence-corrected chi connectivity index (χ0v) is 13.7. The number of ether oxygens (including phenoxy) is 1. The molecule has 114 valence electrons. The minimum Gasteiger partial charge on any atom is -0.496 e. The Morgan fingerprint density at radius 3 is 2.55 bits per heavy atom. The van der Waals surface area contributed by atoms with Crippen LogP contribution in [0.2, 0.25) is 0 Å². The molecule has 0 aromatic heterocycles. The highest BCUT2D eigenvalue weighted by Crippen LogP contribution is 2.32. The van der Waals surface area contributed by atoms with Crippen LogP contribution in [0, 0.1) is 18.8 Å². The first-order valence-electron chi connectivity index (χ1n) is 7.94. The first-order valence-corrected chi connectivity index (χ1v) is 7.94. The summed E-state index contributed by atoms with van der Waals surface area (Å²) in [4.78, 5) is 0. The minimum atomic E-state index is 0.0629. The Kier molecular flexibility index (Phi) is 6.10. The van der Waals surface area contributed by atoms with E-state index in [2.05, 4.69) is 62.1 Å². The number of methoxy groups -OCH3 is 1. The maximum absolute atomic E-state index is 5.56. The summed E-state index contributed by atoms with van der Waals surface area (Å²) in [5.74, 6) is 7.78. The molecule has 2 rings (SSSR count). The molecule has 0 amide bonds. The molecule has 0 aliphatic carbocycles. The van der Waals surface area contributed by atoms with E-state index < -0.39 is 0 Å². The summed E-state index contributed by atoms with van der Waals surface area (Å²) in [5.41, 5.74) is 3.60. The number of aryl methyl sites for hydroxylation is 1. The van der Waals surface area contributed by atoms with E-state index in [1.165, 1.54) is 17.5 Å². The summed E-state index contributed by atoms with van der Waals surface area (Å²) in [6, 6.07) is 16.8. The standard InChI is InChI=1S/C21H24O/c1-4-5-6-10-13-19(18-11-8-7-9-12-18)20-16-17(2)14-15-21(20)22-3/h7-9,11-12,14-16,19H,4-6H2,1-3H3/t19-/m1/s1. The van der Waals surface area contributed by atoms with Crippen molar-refractivity contribution in [3.63, 3.8) is 0 Å². The highest BCUT2D eigenvalue weighted by Gasteiger charge is 2.16. The Morgan fingerprint density at radius 1 is 1.09 bits per heavy atom. The first-order chi connectivity index (χ1) is 10.8. The van der Waals surface area contributed by atoms with Gasteiger partial charge in [0.15, 0.2) is 0 Å². The van der Waals surface area contributed by atoms with Crippen molar-refractivity contribution >= 4 is 0 Å². The van der Waals surface area contributed by atoms with Gasteiger partial charge < -0.3 is 4.74 Å². The van der Waals surface area contributed by atoms with Crippen LogP contribution in [-0.4, -0.2) is 7.11 Å². The van der Waals surface area contributed by atoms with E-state index in [0.717, 1.165) is 24.2 Å². The molecule has 0 unspecified atom stereocenters. The van der Waals surface area contributed by atoms with E-state index in [-0.39, 0.29) is 5.92 Å². The largest absolute Gasteiger partial charge is 0.496 e. The lowest BCUT2D eigenvalue weighted by atomic mass is 9.90. The van der Waals surface area contributed by atoms with Gasteiger partial charge in [0.05, 0.1) is 13.0 Å². The SMILES string of the molecule is CCCCC#C[C@H](c1ccccc1)c1cc(C)ccc1OC. The van der Waals surface area contributed by atoms with E-state index in [1.807, 2.05) is 12.1 Å². The van der Waals surface area contributed by atoms with Crippen LogP contribution in [0.1, 0.15) is 48.8 Å². The van der Waals surface area contributed by atoms with Gasteiger partial charge in [-0.2, -0.15) is 0 Å². The smallest absolute Gasteiger partial charge is 0.123 e. The molecule has 0 saturated heterocycles. The number of rotatable bonds is 5. The molecule has 1 nitrogen and oxygen atoms in total. The fraction of sp³-hybridized carbons (Fsp3) is 0.333. The third-order valence-electron chi connectivity index (χ3n) is 3.73. The Morgan fingerprint density at radius 2 is 1.86 bits per heavy atom. The zero-order chi connectivity index (χ0) is 15.8. The average molecular weight is 292 g/mol. The quantitative estimate of drug-likeness (QED) is 0.534. The monoisotopic (exact) mass is 292 g/mol. The van der Waals surface area contributed by atoms with Crippen molar-refractivity contribution in [2.24, 2.45) is 0 Å². The van der Waals surface area contributed by atoms with E-state index in [9.17, 15) is 0 Å². The minimum absolute atomic E-state index is 0.0629. The van der Waals surface area contributed by atoms with Crippen molar-refractivity contribution in [2.45, 2.75) is 39.0 Å². The fourth-order valence-electron chi connectivity index (χ4n) is 2.50. The van der Waals surface area contributed by atoms with Crippen molar-refractivity contribution in [3.05, 3.63) is 65.2 Å². The van der Waals surface area contributed by atoms with Crippen LogP contribution in [-0.2, 0) is 0 Å². The van der Waals surface area contributed by atoms with Gasteiger partial charge in [0, 0.05) is 12.0 Å². The average Bonchev–Trinajstić information content (AvgIpc) is 2.56. The molecule has 0 heterocycles. The van der Waals surface area contributed by atoms with Crippen molar-refractivity contribution in [3.8, 4) is 17.6 Å². The van der Waals surface area contributed by atoms with Crippen LogP contribution in [0.25, 0.3) is 0 Å². The van der Waals surface area contributed by atoms with E-state index >= 15 is 0 Å². The lowest BCUT2D eigenvalue weighted by molar-refractivity contribution is 0.409. The normalized spacial score (nSPS) is 11.4. The summed E-state index contributed by atoms with van der Waals surface area (Å²) >= 11 is 0. The maximum Gasteiger partial charge on any atom is 0.123 e. The van der Waals surface area contributed by atoms with Crippen LogP contribution >= 0.6 is 0 Å². The Labute approximate surface area is 134 Å². The Balaban J connectivity index is 2.44. The number of benzene rings is 2. The molecule has 0 radical (unpaired) electrons. The predicted octanol–water partition coefficient (Wildman–Crippen LogP) is 5.33. The van der Waals surface area contributed by atoms with E-state index in [1.54, 1.807) is 7.11 Å². The summed E-state index contributed by atoms with van der Waals surface area (Å²) < 4.78 is 5.56. The molecule has 0 aliphatic heterocycles. The van der Waals surface area contributed by atoms with Gasteiger partial charge in [-0.15, -0.1) is 5.92 Å². The first kappa shape index (κ1) is 16.2. The second-order valence-electron chi connectivity index (χ2n) is 5.51. The second-order valence-corrected chi connectivity index (χ2v) is 5.51. The van der Waals surface area contributed by atoms with Crippen LogP contribution in [0.5, 0.6) is 5.75 Å². The molecule has 1 heteroatoms.